The lowest BCUT2D eigenvalue weighted by atomic mass is 9.87. The summed E-state index contributed by atoms with van der Waals surface area (Å²) in [7, 11) is 1.89. The molecule has 1 atom stereocenters. The molecule has 3 nitrogen and oxygen atoms in total. The molecule has 3 heteroatoms. The van der Waals surface area contributed by atoms with Crippen LogP contribution in [0, 0.1) is 0 Å². The Morgan fingerprint density at radius 2 is 1.95 bits per heavy atom. The smallest absolute Gasteiger partial charge is 0.239 e. The van der Waals surface area contributed by atoms with Gasteiger partial charge in [0.1, 0.15) is 0 Å². The fourth-order valence-corrected chi connectivity index (χ4v) is 2.62. The number of likely N-dealkylation sites (N-methyl/N-ethyl adjacent to an activating group) is 1. The quantitative estimate of drug-likeness (QED) is 0.919. The molecular weight excluding hydrogens is 248 g/mol. The van der Waals surface area contributed by atoms with E-state index in [4.69, 9.17) is 0 Å². The minimum atomic E-state index is 0.0221. The van der Waals surface area contributed by atoms with E-state index < -0.39 is 0 Å². The molecule has 20 heavy (non-hydrogen) atoms. The summed E-state index contributed by atoms with van der Waals surface area (Å²) < 4.78 is 0. The number of amides is 1. The molecule has 2 rings (SSSR count). The Hall–Kier alpha value is -1.35. The first-order valence-corrected chi connectivity index (χ1v) is 7.46. The van der Waals surface area contributed by atoms with Gasteiger partial charge in [0.15, 0.2) is 0 Å². The van der Waals surface area contributed by atoms with Crippen molar-refractivity contribution in [1.29, 1.82) is 0 Å². The third-order valence-corrected chi connectivity index (χ3v) is 3.97. The largest absolute Gasteiger partial charge is 0.340 e. The molecule has 0 unspecified atom stereocenters. The van der Waals surface area contributed by atoms with Gasteiger partial charge in [-0.05, 0) is 35.9 Å². The average Bonchev–Trinajstić information content (AvgIpc) is 2.91. The lowest BCUT2D eigenvalue weighted by Gasteiger charge is -2.22. The Balaban J connectivity index is 1.97. The van der Waals surface area contributed by atoms with Crippen LogP contribution in [0.3, 0.4) is 0 Å². The van der Waals surface area contributed by atoms with Gasteiger partial charge >= 0.3 is 0 Å². The molecule has 110 valence electrons. The van der Waals surface area contributed by atoms with Crippen LogP contribution in [0.25, 0.3) is 0 Å². The second kappa shape index (κ2) is 5.96. The first-order chi connectivity index (χ1) is 9.38. The van der Waals surface area contributed by atoms with Gasteiger partial charge in [-0.3, -0.25) is 4.79 Å². The van der Waals surface area contributed by atoms with Crippen molar-refractivity contribution in [3.05, 3.63) is 35.4 Å². The highest BCUT2D eigenvalue weighted by Crippen LogP contribution is 2.22. The maximum Gasteiger partial charge on any atom is 0.239 e. The lowest BCUT2D eigenvalue weighted by molar-refractivity contribution is -0.132. The number of carbonyl (C=O) groups is 1. The van der Waals surface area contributed by atoms with Crippen molar-refractivity contribution >= 4 is 5.91 Å². The van der Waals surface area contributed by atoms with Crippen molar-refractivity contribution in [2.24, 2.45) is 0 Å². The molecule has 0 bridgehead atoms. The van der Waals surface area contributed by atoms with Crippen LogP contribution >= 0.6 is 0 Å². The molecule has 1 aromatic rings. The van der Waals surface area contributed by atoms with E-state index in [0.29, 0.717) is 6.54 Å². The zero-order valence-electron chi connectivity index (χ0n) is 13.1. The van der Waals surface area contributed by atoms with Gasteiger partial charge in [-0.25, -0.2) is 0 Å². The Morgan fingerprint density at radius 1 is 1.30 bits per heavy atom. The summed E-state index contributed by atoms with van der Waals surface area (Å²) in [6.45, 7) is 8.28. The second-order valence-electron chi connectivity index (χ2n) is 6.79. The molecule has 1 aliphatic rings. The summed E-state index contributed by atoms with van der Waals surface area (Å²) in [6, 6.07) is 8.62. The molecule has 1 aromatic carbocycles. The number of carbonyl (C=O) groups excluding carboxylic acids is 1. The summed E-state index contributed by atoms with van der Waals surface area (Å²) in [5, 5.41) is 3.26. The van der Waals surface area contributed by atoms with Crippen molar-refractivity contribution in [2.75, 3.05) is 13.6 Å². The molecule has 1 fully saturated rings. The fourth-order valence-electron chi connectivity index (χ4n) is 2.62. The van der Waals surface area contributed by atoms with Gasteiger partial charge in [-0.1, -0.05) is 45.0 Å². The highest BCUT2D eigenvalue weighted by Gasteiger charge is 2.24. The molecule has 1 saturated heterocycles. The van der Waals surface area contributed by atoms with Crippen molar-refractivity contribution in [1.82, 2.24) is 10.2 Å². The molecular formula is C17H26N2O. The zero-order valence-corrected chi connectivity index (χ0v) is 13.1. The molecule has 1 heterocycles. The van der Waals surface area contributed by atoms with Gasteiger partial charge in [0.05, 0.1) is 6.04 Å². The normalized spacial score (nSPS) is 19.1. The van der Waals surface area contributed by atoms with Gasteiger partial charge < -0.3 is 10.2 Å². The van der Waals surface area contributed by atoms with Crippen molar-refractivity contribution in [3.63, 3.8) is 0 Å². The van der Waals surface area contributed by atoms with E-state index in [1.807, 2.05) is 11.9 Å². The lowest BCUT2D eigenvalue weighted by Crippen LogP contribution is -2.41. The molecule has 0 aromatic heterocycles. The van der Waals surface area contributed by atoms with E-state index in [1.165, 1.54) is 11.1 Å². The molecule has 1 amide bonds. The number of nitrogens with zero attached hydrogens (tertiary/aromatic N) is 1. The number of benzene rings is 1. The maximum atomic E-state index is 12.2. The molecule has 1 N–H and O–H groups in total. The number of nitrogens with one attached hydrogen (secondary N) is 1. The zero-order chi connectivity index (χ0) is 14.8. The summed E-state index contributed by atoms with van der Waals surface area (Å²) in [5.74, 6) is 0.211. The molecule has 0 spiro atoms. The summed E-state index contributed by atoms with van der Waals surface area (Å²) in [4.78, 5) is 14.1. The first-order valence-electron chi connectivity index (χ1n) is 7.46. The number of hydrogen-bond donors (Lipinski definition) is 1. The Morgan fingerprint density at radius 3 is 2.45 bits per heavy atom. The number of rotatable bonds is 3. The Bertz CT molecular complexity index is 453. The van der Waals surface area contributed by atoms with Crippen molar-refractivity contribution in [2.45, 2.75) is 51.6 Å². The van der Waals surface area contributed by atoms with Crippen LogP contribution in [0.1, 0.15) is 44.7 Å². The first kappa shape index (κ1) is 15.0. The monoisotopic (exact) mass is 274 g/mol. The second-order valence-corrected chi connectivity index (χ2v) is 6.79. The topological polar surface area (TPSA) is 32.3 Å². The van der Waals surface area contributed by atoms with Crippen LogP contribution in [0.15, 0.2) is 24.3 Å². The van der Waals surface area contributed by atoms with Crippen molar-refractivity contribution < 1.29 is 4.79 Å². The standard InChI is InChI=1S/C17H26N2O/c1-17(2,3)14-9-7-13(8-10-14)12-19(4)16(20)15-6-5-11-18-15/h7-10,15,18H,5-6,11-12H2,1-4H3/t15-/m0/s1. The SMILES string of the molecule is CN(Cc1ccc(C(C)(C)C)cc1)C(=O)[C@@H]1CCCN1. The predicted octanol–water partition coefficient (Wildman–Crippen LogP) is 2.69. The van der Waals surface area contributed by atoms with Gasteiger partial charge in [0.25, 0.3) is 0 Å². The van der Waals surface area contributed by atoms with Gasteiger partial charge in [0, 0.05) is 13.6 Å². The average molecular weight is 274 g/mol. The van der Waals surface area contributed by atoms with Crippen LogP contribution in [-0.2, 0) is 16.8 Å². The van der Waals surface area contributed by atoms with Crippen LogP contribution in [0.2, 0.25) is 0 Å². The van der Waals surface area contributed by atoms with Gasteiger partial charge in [-0.15, -0.1) is 0 Å². The molecule has 1 aliphatic heterocycles. The molecule has 0 saturated carbocycles. The highest BCUT2D eigenvalue weighted by molar-refractivity contribution is 5.81. The summed E-state index contributed by atoms with van der Waals surface area (Å²) in [5.41, 5.74) is 2.69. The third-order valence-electron chi connectivity index (χ3n) is 3.97. The maximum absolute atomic E-state index is 12.2. The predicted molar refractivity (Wildman–Crippen MR) is 82.6 cm³/mol. The Kier molecular flexibility index (Phi) is 4.48. The third kappa shape index (κ3) is 3.60. The minimum absolute atomic E-state index is 0.0221. The summed E-state index contributed by atoms with van der Waals surface area (Å²) >= 11 is 0. The van der Waals surface area contributed by atoms with E-state index in [-0.39, 0.29) is 17.4 Å². The van der Waals surface area contributed by atoms with E-state index in [9.17, 15) is 4.79 Å². The summed E-state index contributed by atoms with van der Waals surface area (Å²) in [6.07, 6.45) is 2.07. The minimum Gasteiger partial charge on any atom is -0.340 e. The van der Waals surface area contributed by atoms with E-state index >= 15 is 0 Å². The van der Waals surface area contributed by atoms with Crippen LogP contribution in [-0.4, -0.2) is 30.4 Å². The molecule has 0 aliphatic carbocycles. The van der Waals surface area contributed by atoms with Crippen LogP contribution in [0.5, 0.6) is 0 Å². The molecule has 0 radical (unpaired) electrons. The van der Waals surface area contributed by atoms with Crippen molar-refractivity contribution in [3.8, 4) is 0 Å². The van der Waals surface area contributed by atoms with Gasteiger partial charge in [-0.2, -0.15) is 0 Å². The number of hydrogen-bond acceptors (Lipinski definition) is 2. The van der Waals surface area contributed by atoms with E-state index in [0.717, 1.165) is 19.4 Å². The highest BCUT2D eigenvalue weighted by atomic mass is 16.2. The van der Waals surface area contributed by atoms with Crippen LogP contribution in [0.4, 0.5) is 0 Å². The fraction of sp³-hybridized carbons (Fsp3) is 0.588. The van der Waals surface area contributed by atoms with E-state index in [1.54, 1.807) is 0 Å². The van der Waals surface area contributed by atoms with Crippen LogP contribution < -0.4 is 5.32 Å². The Labute approximate surface area is 122 Å². The van der Waals surface area contributed by atoms with E-state index in [2.05, 4.69) is 50.4 Å². The van der Waals surface area contributed by atoms with Gasteiger partial charge in [0.2, 0.25) is 5.91 Å².